The van der Waals surface area contributed by atoms with E-state index in [1.54, 1.807) is 0 Å². The van der Waals surface area contributed by atoms with Gasteiger partial charge in [-0.25, -0.2) is 0 Å². The zero-order valence-electron chi connectivity index (χ0n) is 9.89. The maximum atomic E-state index is 12.6. The Kier molecular flexibility index (Phi) is 4.11. The standard InChI is InChI=1S/C12H12F3NO2/c1-7-3-4-9(6-10(7)12(13,14)15)16-11(18)5-8(2)17/h3-4,6H,5H2,1-2H3,(H,16,18). The van der Waals surface area contributed by atoms with E-state index in [1.807, 2.05) is 0 Å². The second-order valence-electron chi connectivity index (χ2n) is 3.95. The summed E-state index contributed by atoms with van der Waals surface area (Å²) in [7, 11) is 0. The smallest absolute Gasteiger partial charge is 0.326 e. The first-order valence-electron chi connectivity index (χ1n) is 5.17. The van der Waals surface area contributed by atoms with Crippen LogP contribution in [0.3, 0.4) is 0 Å². The van der Waals surface area contributed by atoms with Crippen molar-refractivity contribution in [3.8, 4) is 0 Å². The molecule has 0 bridgehead atoms. The van der Waals surface area contributed by atoms with Gasteiger partial charge in [-0.1, -0.05) is 6.07 Å². The summed E-state index contributed by atoms with van der Waals surface area (Å²) in [5.74, 6) is -0.977. The highest BCUT2D eigenvalue weighted by Gasteiger charge is 2.32. The molecule has 1 N–H and O–H groups in total. The first-order valence-corrected chi connectivity index (χ1v) is 5.17. The van der Waals surface area contributed by atoms with Gasteiger partial charge in [0.1, 0.15) is 5.78 Å². The quantitative estimate of drug-likeness (QED) is 0.848. The SMILES string of the molecule is CC(=O)CC(=O)Nc1ccc(C)c(C(F)(F)F)c1. The highest BCUT2D eigenvalue weighted by Crippen LogP contribution is 2.33. The Morgan fingerprint density at radius 1 is 1.28 bits per heavy atom. The summed E-state index contributed by atoms with van der Waals surface area (Å²) in [6.45, 7) is 2.57. The van der Waals surface area contributed by atoms with Gasteiger partial charge in [0, 0.05) is 5.69 Å². The van der Waals surface area contributed by atoms with Crippen molar-refractivity contribution in [2.75, 3.05) is 5.32 Å². The summed E-state index contributed by atoms with van der Waals surface area (Å²) in [4.78, 5) is 21.9. The number of carbonyl (C=O) groups excluding carboxylic acids is 2. The number of hydrogen-bond donors (Lipinski definition) is 1. The van der Waals surface area contributed by atoms with E-state index in [-0.39, 0.29) is 23.5 Å². The van der Waals surface area contributed by atoms with E-state index in [1.165, 1.54) is 26.0 Å². The molecule has 0 saturated carbocycles. The lowest BCUT2D eigenvalue weighted by molar-refractivity contribution is -0.138. The maximum absolute atomic E-state index is 12.6. The summed E-state index contributed by atoms with van der Waals surface area (Å²) in [5.41, 5.74) is -0.700. The van der Waals surface area contributed by atoms with Gasteiger partial charge in [-0.3, -0.25) is 9.59 Å². The Morgan fingerprint density at radius 3 is 2.39 bits per heavy atom. The second kappa shape index (κ2) is 5.20. The van der Waals surface area contributed by atoms with Gasteiger partial charge in [-0.2, -0.15) is 13.2 Å². The summed E-state index contributed by atoms with van der Waals surface area (Å²) < 4.78 is 37.8. The van der Waals surface area contributed by atoms with Gasteiger partial charge in [-0.15, -0.1) is 0 Å². The number of halogens is 3. The first-order chi connectivity index (χ1) is 8.20. The molecule has 98 valence electrons. The van der Waals surface area contributed by atoms with E-state index in [0.717, 1.165) is 6.07 Å². The number of amides is 1. The number of ketones is 1. The number of anilines is 1. The van der Waals surface area contributed by atoms with Crippen molar-refractivity contribution in [1.29, 1.82) is 0 Å². The molecular weight excluding hydrogens is 247 g/mol. The van der Waals surface area contributed by atoms with Gasteiger partial charge in [-0.05, 0) is 31.5 Å². The van der Waals surface area contributed by atoms with Crippen LogP contribution in [0.1, 0.15) is 24.5 Å². The minimum absolute atomic E-state index is 0.0270. The molecule has 1 aromatic carbocycles. The Labute approximate surface area is 102 Å². The zero-order chi connectivity index (χ0) is 13.9. The van der Waals surface area contributed by atoms with Crippen LogP contribution in [-0.4, -0.2) is 11.7 Å². The topological polar surface area (TPSA) is 46.2 Å². The molecule has 0 spiro atoms. The molecule has 3 nitrogen and oxygen atoms in total. The third-order valence-electron chi connectivity index (χ3n) is 2.24. The predicted octanol–water partition coefficient (Wildman–Crippen LogP) is 2.93. The average Bonchev–Trinajstić information content (AvgIpc) is 2.17. The van der Waals surface area contributed by atoms with Crippen molar-refractivity contribution in [2.45, 2.75) is 26.4 Å². The molecule has 0 atom stereocenters. The van der Waals surface area contributed by atoms with Gasteiger partial charge in [0.25, 0.3) is 0 Å². The molecule has 6 heteroatoms. The van der Waals surface area contributed by atoms with Gasteiger partial charge in [0.05, 0.1) is 12.0 Å². The van der Waals surface area contributed by atoms with Crippen molar-refractivity contribution < 1.29 is 22.8 Å². The number of Topliss-reactive ketones (excluding diaryl/α,β-unsaturated/α-hetero) is 1. The van der Waals surface area contributed by atoms with E-state index in [0.29, 0.717) is 0 Å². The average molecular weight is 259 g/mol. The van der Waals surface area contributed by atoms with Crippen LogP contribution in [0.15, 0.2) is 18.2 Å². The van der Waals surface area contributed by atoms with E-state index in [2.05, 4.69) is 5.32 Å². The Balaban J connectivity index is 2.92. The molecule has 0 heterocycles. The second-order valence-corrected chi connectivity index (χ2v) is 3.95. The van der Waals surface area contributed by atoms with E-state index >= 15 is 0 Å². The number of aryl methyl sites for hydroxylation is 1. The zero-order valence-corrected chi connectivity index (χ0v) is 9.89. The fraction of sp³-hybridized carbons (Fsp3) is 0.333. The highest BCUT2D eigenvalue weighted by atomic mass is 19.4. The third-order valence-corrected chi connectivity index (χ3v) is 2.24. The largest absolute Gasteiger partial charge is 0.416 e. The first kappa shape index (κ1) is 14.2. The Morgan fingerprint density at radius 2 is 1.89 bits per heavy atom. The normalized spacial score (nSPS) is 11.2. The van der Waals surface area contributed by atoms with Gasteiger partial charge >= 0.3 is 6.18 Å². The number of alkyl halides is 3. The van der Waals surface area contributed by atoms with Crippen LogP contribution in [0, 0.1) is 6.92 Å². The molecule has 0 fully saturated rings. The molecule has 0 saturated heterocycles. The molecular formula is C12H12F3NO2. The van der Waals surface area contributed by atoms with E-state index in [9.17, 15) is 22.8 Å². The van der Waals surface area contributed by atoms with E-state index < -0.39 is 17.6 Å². The van der Waals surface area contributed by atoms with E-state index in [4.69, 9.17) is 0 Å². The minimum atomic E-state index is -4.47. The fourth-order valence-electron chi connectivity index (χ4n) is 1.44. The van der Waals surface area contributed by atoms with Crippen LogP contribution < -0.4 is 5.32 Å². The number of benzene rings is 1. The van der Waals surface area contributed by atoms with Crippen LogP contribution in [0.25, 0.3) is 0 Å². The van der Waals surface area contributed by atoms with Crippen molar-refractivity contribution in [3.63, 3.8) is 0 Å². The van der Waals surface area contributed by atoms with Crippen molar-refractivity contribution in [3.05, 3.63) is 29.3 Å². The summed E-state index contributed by atoms with van der Waals surface area (Å²) in [6, 6.07) is 3.49. The Hall–Kier alpha value is -1.85. The lowest BCUT2D eigenvalue weighted by atomic mass is 10.1. The minimum Gasteiger partial charge on any atom is -0.326 e. The Bertz CT molecular complexity index is 481. The van der Waals surface area contributed by atoms with Crippen LogP contribution in [0.5, 0.6) is 0 Å². The fourth-order valence-corrected chi connectivity index (χ4v) is 1.44. The maximum Gasteiger partial charge on any atom is 0.416 e. The predicted molar refractivity (Wildman–Crippen MR) is 60.1 cm³/mol. The molecule has 0 unspecified atom stereocenters. The number of carbonyl (C=O) groups is 2. The molecule has 1 rings (SSSR count). The van der Waals surface area contributed by atoms with Gasteiger partial charge < -0.3 is 5.32 Å². The molecule has 0 aliphatic heterocycles. The number of rotatable bonds is 3. The van der Waals surface area contributed by atoms with Crippen molar-refractivity contribution in [2.24, 2.45) is 0 Å². The number of hydrogen-bond acceptors (Lipinski definition) is 2. The molecule has 1 aromatic rings. The van der Waals surface area contributed by atoms with Crippen LogP contribution in [-0.2, 0) is 15.8 Å². The monoisotopic (exact) mass is 259 g/mol. The van der Waals surface area contributed by atoms with Gasteiger partial charge in [0.2, 0.25) is 5.91 Å². The molecule has 0 aliphatic carbocycles. The summed E-state index contributed by atoms with van der Waals surface area (Å²) in [5, 5.41) is 2.25. The van der Waals surface area contributed by atoms with Gasteiger partial charge in [0.15, 0.2) is 0 Å². The van der Waals surface area contributed by atoms with Crippen molar-refractivity contribution in [1.82, 2.24) is 0 Å². The summed E-state index contributed by atoms with van der Waals surface area (Å²) in [6.07, 6.45) is -4.82. The lowest BCUT2D eigenvalue weighted by Crippen LogP contribution is -2.16. The molecule has 1 amide bonds. The molecule has 18 heavy (non-hydrogen) atoms. The lowest BCUT2D eigenvalue weighted by Gasteiger charge is -2.12. The number of nitrogens with one attached hydrogen (secondary N) is 1. The van der Waals surface area contributed by atoms with Crippen molar-refractivity contribution >= 4 is 17.4 Å². The van der Waals surface area contributed by atoms with Crippen LogP contribution in [0.4, 0.5) is 18.9 Å². The third kappa shape index (κ3) is 3.87. The molecule has 0 aromatic heterocycles. The highest BCUT2D eigenvalue weighted by molar-refractivity contribution is 6.03. The van der Waals surface area contributed by atoms with Crippen LogP contribution in [0.2, 0.25) is 0 Å². The molecule has 0 aliphatic rings. The van der Waals surface area contributed by atoms with Crippen LogP contribution >= 0.6 is 0 Å². The summed E-state index contributed by atoms with van der Waals surface area (Å²) >= 11 is 0. The molecule has 0 radical (unpaired) electrons.